The largest absolute Gasteiger partial charge is 0.343 e. The van der Waals surface area contributed by atoms with Gasteiger partial charge in [0.05, 0.1) is 16.5 Å². The molecule has 0 spiro atoms. The number of carbonyl (C=O) groups is 3. The van der Waals surface area contributed by atoms with Crippen molar-refractivity contribution in [1.82, 2.24) is 9.62 Å². The molecule has 214 valence electrons. The molecule has 0 fully saturated rings. The van der Waals surface area contributed by atoms with Crippen molar-refractivity contribution >= 4 is 44.2 Å². The van der Waals surface area contributed by atoms with E-state index in [4.69, 9.17) is 5.26 Å². The van der Waals surface area contributed by atoms with Gasteiger partial charge >= 0.3 is 0 Å². The molecular weight excluding hydrogens is 552 g/mol. The van der Waals surface area contributed by atoms with Crippen LogP contribution in [0.15, 0.2) is 95.9 Å². The first kappa shape index (κ1) is 30.0. The van der Waals surface area contributed by atoms with Gasteiger partial charge in [-0.2, -0.15) is 5.26 Å². The van der Waals surface area contributed by atoms with Gasteiger partial charge in [0.25, 0.3) is 15.9 Å². The van der Waals surface area contributed by atoms with Gasteiger partial charge in [-0.3, -0.25) is 14.4 Å². The highest BCUT2D eigenvalue weighted by atomic mass is 32.2. The molecule has 0 radical (unpaired) electrons. The van der Waals surface area contributed by atoms with Crippen LogP contribution in [-0.4, -0.2) is 44.1 Å². The molecular formula is C32H30N4O5S. The highest BCUT2D eigenvalue weighted by molar-refractivity contribution is 7.90. The summed E-state index contributed by atoms with van der Waals surface area (Å²) in [7, 11) is -4.25. The van der Waals surface area contributed by atoms with E-state index in [1.54, 1.807) is 74.5 Å². The topological polar surface area (TPSA) is 136 Å². The lowest BCUT2D eigenvalue weighted by Crippen LogP contribution is -2.46. The normalized spacial score (nSPS) is 11.7. The van der Waals surface area contributed by atoms with E-state index in [-0.39, 0.29) is 11.3 Å². The summed E-state index contributed by atoms with van der Waals surface area (Å²) >= 11 is 0. The van der Waals surface area contributed by atoms with Crippen LogP contribution in [0.1, 0.15) is 35.3 Å². The Balaban J connectivity index is 1.53. The number of rotatable bonds is 10. The third-order valence-corrected chi connectivity index (χ3v) is 8.21. The van der Waals surface area contributed by atoms with Crippen molar-refractivity contribution in [1.29, 1.82) is 5.26 Å². The Morgan fingerprint density at radius 2 is 1.55 bits per heavy atom. The number of anilines is 1. The summed E-state index contributed by atoms with van der Waals surface area (Å²) in [5.74, 6) is -3.10. The molecule has 0 aromatic heterocycles. The number of benzene rings is 4. The Kier molecular flexibility index (Phi) is 9.35. The minimum atomic E-state index is -4.25. The van der Waals surface area contributed by atoms with Gasteiger partial charge in [-0.1, -0.05) is 48.5 Å². The van der Waals surface area contributed by atoms with Crippen molar-refractivity contribution in [3.05, 3.63) is 108 Å². The maximum atomic E-state index is 13.4. The van der Waals surface area contributed by atoms with E-state index in [0.29, 0.717) is 40.9 Å². The van der Waals surface area contributed by atoms with E-state index < -0.39 is 33.7 Å². The number of nitrogens with zero attached hydrogens (tertiary/aromatic N) is 2. The quantitative estimate of drug-likeness (QED) is 0.264. The van der Waals surface area contributed by atoms with E-state index in [0.717, 1.165) is 5.39 Å². The summed E-state index contributed by atoms with van der Waals surface area (Å²) in [4.78, 5) is 40.8. The predicted octanol–water partition coefficient (Wildman–Crippen LogP) is 4.50. The fourth-order valence-electron chi connectivity index (χ4n) is 4.54. The van der Waals surface area contributed by atoms with Crippen molar-refractivity contribution in [3.8, 4) is 6.07 Å². The molecule has 4 aromatic carbocycles. The first-order valence-corrected chi connectivity index (χ1v) is 14.9. The smallest absolute Gasteiger partial charge is 0.264 e. The maximum Gasteiger partial charge on any atom is 0.264 e. The van der Waals surface area contributed by atoms with Crippen LogP contribution in [0.2, 0.25) is 0 Å². The molecule has 4 aromatic rings. The Labute approximate surface area is 244 Å². The Morgan fingerprint density at radius 1 is 0.857 bits per heavy atom. The lowest BCUT2D eigenvalue weighted by molar-refractivity contribution is -0.141. The van der Waals surface area contributed by atoms with Crippen LogP contribution in [0, 0.1) is 17.2 Å². The monoisotopic (exact) mass is 582 g/mol. The number of amides is 3. The fraction of sp³-hybridized carbons (Fsp3) is 0.188. The van der Waals surface area contributed by atoms with Crippen LogP contribution < -0.4 is 10.0 Å². The van der Waals surface area contributed by atoms with Gasteiger partial charge in [0.15, 0.2) is 0 Å². The Morgan fingerprint density at radius 3 is 2.21 bits per heavy atom. The Hall–Kier alpha value is -5.01. The molecule has 0 bridgehead atoms. The number of hydrogen-bond acceptors (Lipinski definition) is 6. The average Bonchev–Trinajstić information content (AvgIpc) is 3.00. The predicted molar refractivity (Wildman–Crippen MR) is 160 cm³/mol. The maximum absolute atomic E-state index is 13.4. The molecule has 0 aliphatic heterocycles. The number of hydrogen-bond donors (Lipinski definition) is 2. The molecule has 0 aliphatic carbocycles. The fourth-order valence-corrected chi connectivity index (χ4v) is 5.59. The highest BCUT2D eigenvalue weighted by Gasteiger charge is 2.33. The number of nitrogens with one attached hydrogen (secondary N) is 2. The summed E-state index contributed by atoms with van der Waals surface area (Å²) in [6.07, 6.45) is -0.0488. The number of carbonyl (C=O) groups excluding carboxylic acids is 3. The standard InChI is InChI=1S/C32H30N4O5S/c1-3-36(4-2)32(39)29(31(38)35-42(40,41)28-17-14-24-9-5-6-10-25(24)20-28)19-22-12-15-27(16-13-22)34-30(37)26-11-7-8-23(18-26)21-33/h5-18,20,29H,3-4,19H2,1-2H3,(H,34,37)(H,35,38). The highest BCUT2D eigenvalue weighted by Crippen LogP contribution is 2.21. The van der Waals surface area contributed by atoms with Gasteiger partial charge < -0.3 is 10.2 Å². The Bertz CT molecular complexity index is 1770. The van der Waals surface area contributed by atoms with Crippen LogP contribution in [0.5, 0.6) is 0 Å². The van der Waals surface area contributed by atoms with Crippen LogP contribution in [0.3, 0.4) is 0 Å². The second-order valence-corrected chi connectivity index (χ2v) is 11.3. The molecule has 9 nitrogen and oxygen atoms in total. The minimum absolute atomic E-state index is 0.0488. The molecule has 2 N–H and O–H groups in total. The van der Waals surface area contributed by atoms with Crippen LogP contribution in [0.4, 0.5) is 5.69 Å². The first-order valence-electron chi connectivity index (χ1n) is 13.4. The first-order chi connectivity index (χ1) is 20.1. The summed E-state index contributed by atoms with van der Waals surface area (Å²) in [6.45, 7) is 4.28. The van der Waals surface area contributed by atoms with Crippen molar-refractivity contribution in [2.75, 3.05) is 18.4 Å². The molecule has 3 amide bonds. The molecule has 0 saturated heterocycles. The van der Waals surface area contributed by atoms with Crippen molar-refractivity contribution < 1.29 is 22.8 Å². The summed E-state index contributed by atoms with van der Waals surface area (Å²) in [5, 5.41) is 13.4. The van der Waals surface area contributed by atoms with Crippen LogP contribution >= 0.6 is 0 Å². The summed E-state index contributed by atoms with van der Waals surface area (Å²) in [6, 6.07) is 26.7. The zero-order valence-electron chi connectivity index (χ0n) is 23.2. The van der Waals surface area contributed by atoms with Crippen LogP contribution in [-0.2, 0) is 26.0 Å². The molecule has 42 heavy (non-hydrogen) atoms. The van der Waals surface area contributed by atoms with E-state index in [1.165, 1.54) is 23.1 Å². The van der Waals surface area contributed by atoms with E-state index >= 15 is 0 Å². The molecule has 1 unspecified atom stereocenters. The third-order valence-electron chi connectivity index (χ3n) is 6.86. The van der Waals surface area contributed by atoms with Crippen molar-refractivity contribution in [3.63, 3.8) is 0 Å². The van der Waals surface area contributed by atoms with Gasteiger partial charge in [0.1, 0.15) is 5.92 Å². The second-order valence-electron chi connectivity index (χ2n) is 9.59. The second kappa shape index (κ2) is 13.1. The molecule has 10 heteroatoms. The van der Waals surface area contributed by atoms with Gasteiger partial charge in [0, 0.05) is 24.3 Å². The molecule has 0 aliphatic rings. The van der Waals surface area contributed by atoms with Gasteiger partial charge in [0.2, 0.25) is 11.8 Å². The molecule has 1 atom stereocenters. The van der Waals surface area contributed by atoms with Crippen LogP contribution in [0.25, 0.3) is 10.8 Å². The van der Waals surface area contributed by atoms with E-state index in [9.17, 15) is 22.8 Å². The third kappa shape index (κ3) is 7.00. The lowest BCUT2D eigenvalue weighted by Gasteiger charge is -2.25. The van der Waals surface area contributed by atoms with E-state index in [1.807, 2.05) is 18.2 Å². The minimum Gasteiger partial charge on any atom is -0.343 e. The number of sulfonamides is 1. The van der Waals surface area contributed by atoms with Crippen molar-refractivity contribution in [2.45, 2.75) is 25.2 Å². The van der Waals surface area contributed by atoms with Gasteiger partial charge in [-0.25, -0.2) is 13.1 Å². The SMILES string of the molecule is CCN(CC)C(=O)C(Cc1ccc(NC(=O)c2cccc(C#N)c2)cc1)C(=O)NS(=O)(=O)c1ccc2ccccc2c1. The van der Waals surface area contributed by atoms with E-state index in [2.05, 4.69) is 10.0 Å². The molecule has 0 saturated carbocycles. The summed E-state index contributed by atoms with van der Waals surface area (Å²) in [5.41, 5.74) is 1.76. The average molecular weight is 583 g/mol. The van der Waals surface area contributed by atoms with Crippen molar-refractivity contribution in [2.24, 2.45) is 5.92 Å². The van der Waals surface area contributed by atoms with Gasteiger partial charge in [-0.15, -0.1) is 0 Å². The van der Waals surface area contributed by atoms with Gasteiger partial charge in [-0.05, 0) is 79.1 Å². The number of fused-ring (bicyclic) bond motifs is 1. The number of nitriles is 1. The zero-order chi connectivity index (χ0) is 30.3. The zero-order valence-corrected chi connectivity index (χ0v) is 24.0. The lowest BCUT2D eigenvalue weighted by atomic mass is 9.97. The molecule has 4 rings (SSSR count). The molecule has 0 heterocycles. The summed E-state index contributed by atoms with van der Waals surface area (Å²) < 4.78 is 28.4.